The van der Waals surface area contributed by atoms with Gasteiger partial charge in [-0.3, -0.25) is 14.6 Å². The van der Waals surface area contributed by atoms with Crippen LogP contribution in [0.2, 0.25) is 5.02 Å². The van der Waals surface area contributed by atoms with Gasteiger partial charge in [0.25, 0.3) is 11.8 Å². The fraction of sp³-hybridized carbons (Fsp3) is 0.455. The number of hydrogen-bond donors (Lipinski definition) is 2. The van der Waals surface area contributed by atoms with E-state index in [0.717, 1.165) is 6.92 Å². The van der Waals surface area contributed by atoms with Gasteiger partial charge in [0.2, 0.25) is 11.8 Å². The van der Waals surface area contributed by atoms with Crippen LogP contribution in [-0.4, -0.2) is 57.0 Å². The molecule has 0 saturated carbocycles. The summed E-state index contributed by atoms with van der Waals surface area (Å²) in [5.41, 5.74) is 2.20. The zero-order valence-corrected chi connectivity index (χ0v) is 19.2. The Morgan fingerprint density at radius 3 is 2.76 bits per heavy atom. The van der Waals surface area contributed by atoms with Gasteiger partial charge in [-0.15, -0.1) is 0 Å². The van der Waals surface area contributed by atoms with Crippen molar-refractivity contribution in [1.29, 1.82) is 0 Å². The Labute approximate surface area is 194 Å². The van der Waals surface area contributed by atoms with E-state index in [2.05, 4.69) is 15.3 Å². The summed E-state index contributed by atoms with van der Waals surface area (Å²) in [6.45, 7) is 3.60. The number of nitrogens with zero attached hydrogens (tertiary/aromatic N) is 3. The number of carbonyl (C=O) groups is 2. The second-order valence-electron chi connectivity index (χ2n) is 8.14. The van der Waals surface area contributed by atoms with Crippen LogP contribution in [0, 0.1) is 0 Å². The molecule has 2 atom stereocenters. The average Bonchev–Trinajstić information content (AvgIpc) is 3.08. The zero-order valence-electron chi connectivity index (χ0n) is 18.4. The Morgan fingerprint density at radius 2 is 2.12 bits per heavy atom. The first-order valence-electron chi connectivity index (χ1n) is 10.3. The van der Waals surface area contributed by atoms with E-state index < -0.39 is 24.7 Å². The van der Waals surface area contributed by atoms with E-state index in [1.54, 1.807) is 24.8 Å². The van der Waals surface area contributed by atoms with Gasteiger partial charge in [0, 0.05) is 43.5 Å². The molecule has 0 saturated heterocycles. The number of aromatic nitrogens is 2. The van der Waals surface area contributed by atoms with E-state index in [-0.39, 0.29) is 42.2 Å². The van der Waals surface area contributed by atoms with Gasteiger partial charge >= 0.3 is 0 Å². The van der Waals surface area contributed by atoms with Crippen molar-refractivity contribution < 1.29 is 28.2 Å². The molecular formula is C22H25ClF2N4O4. The molecule has 3 rings (SSSR count). The van der Waals surface area contributed by atoms with Crippen LogP contribution in [0.15, 0.2) is 24.5 Å². The molecule has 2 aromatic rings. The number of alkyl halides is 2. The van der Waals surface area contributed by atoms with Crippen molar-refractivity contribution in [2.75, 3.05) is 13.2 Å². The lowest BCUT2D eigenvalue weighted by atomic mass is 10.1. The normalized spacial score (nSPS) is 15.2. The van der Waals surface area contributed by atoms with Gasteiger partial charge in [0.05, 0.1) is 24.3 Å². The molecule has 0 spiro atoms. The van der Waals surface area contributed by atoms with Gasteiger partial charge in [0.1, 0.15) is 5.02 Å². The lowest BCUT2D eigenvalue weighted by Gasteiger charge is -2.25. The monoisotopic (exact) mass is 482 g/mol. The number of aliphatic hydroxyl groups is 1. The van der Waals surface area contributed by atoms with Crippen molar-refractivity contribution in [1.82, 2.24) is 20.2 Å². The van der Waals surface area contributed by atoms with E-state index in [4.69, 9.17) is 16.3 Å². The predicted octanol–water partition coefficient (Wildman–Crippen LogP) is 2.92. The van der Waals surface area contributed by atoms with Gasteiger partial charge in [-0.1, -0.05) is 11.6 Å². The molecule has 11 heteroatoms. The first kappa shape index (κ1) is 24.8. The van der Waals surface area contributed by atoms with Crippen molar-refractivity contribution in [3.8, 4) is 5.88 Å². The Bertz CT molecular complexity index is 1050. The summed E-state index contributed by atoms with van der Waals surface area (Å²) >= 11 is 6.16. The minimum Gasteiger partial charge on any atom is -0.470 e. The van der Waals surface area contributed by atoms with Crippen LogP contribution in [0.25, 0.3) is 0 Å². The van der Waals surface area contributed by atoms with E-state index in [0.29, 0.717) is 22.4 Å². The highest BCUT2D eigenvalue weighted by molar-refractivity contribution is 6.31. The summed E-state index contributed by atoms with van der Waals surface area (Å²) in [5, 5.41) is 12.0. The molecule has 1 aliphatic rings. The third kappa shape index (κ3) is 6.14. The van der Waals surface area contributed by atoms with Crippen molar-refractivity contribution in [2.45, 2.75) is 51.8 Å². The van der Waals surface area contributed by atoms with Crippen LogP contribution in [-0.2, 0) is 17.8 Å². The maximum Gasteiger partial charge on any atom is 0.278 e. The number of carbonyl (C=O) groups excluding carboxylic acids is 2. The highest BCUT2D eigenvalue weighted by Gasteiger charge is 2.34. The fourth-order valence-electron chi connectivity index (χ4n) is 3.40. The molecule has 33 heavy (non-hydrogen) atoms. The third-order valence-corrected chi connectivity index (χ3v) is 5.40. The van der Waals surface area contributed by atoms with Crippen LogP contribution >= 0.6 is 11.6 Å². The molecule has 2 amide bonds. The van der Waals surface area contributed by atoms with Crippen LogP contribution in [0.5, 0.6) is 5.88 Å². The van der Waals surface area contributed by atoms with Gasteiger partial charge in [-0.25, -0.2) is 13.8 Å². The quantitative estimate of drug-likeness (QED) is 0.569. The van der Waals surface area contributed by atoms with Crippen molar-refractivity contribution in [3.05, 3.63) is 51.9 Å². The smallest absolute Gasteiger partial charge is 0.278 e. The summed E-state index contributed by atoms with van der Waals surface area (Å²) in [6.07, 6.45) is 2.22. The van der Waals surface area contributed by atoms with E-state index in [9.17, 15) is 23.5 Å². The number of amides is 2. The first-order valence-corrected chi connectivity index (χ1v) is 10.7. The zero-order chi connectivity index (χ0) is 24.3. The number of nitrogens with one attached hydrogen (secondary N) is 1. The van der Waals surface area contributed by atoms with Gasteiger partial charge in [-0.05, 0) is 31.5 Å². The summed E-state index contributed by atoms with van der Waals surface area (Å²) < 4.78 is 31.1. The van der Waals surface area contributed by atoms with Gasteiger partial charge < -0.3 is 20.1 Å². The minimum atomic E-state index is -3.02. The van der Waals surface area contributed by atoms with E-state index in [1.165, 1.54) is 18.5 Å². The number of pyridine rings is 2. The minimum absolute atomic E-state index is 0.0210. The van der Waals surface area contributed by atoms with Crippen LogP contribution in [0.4, 0.5) is 8.78 Å². The van der Waals surface area contributed by atoms with E-state index >= 15 is 0 Å². The maximum atomic E-state index is 13.0. The lowest BCUT2D eigenvalue weighted by Crippen LogP contribution is -2.32. The molecule has 1 aliphatic heterocycles. The topological polar surface area (TPSA) is 105 Å². The predicted molar refractivity (Wildman–Crippen MR) is 116 cm³/mol. The van der Waals surface area contributed by atoms with Crippen LogP contribution in [0.3, 0.4) is 0 Å². The highest BCUT2D eigenvalue weighted by Crippen LogP contribution is 2.34. The second kappa shape index (κ2) is 9.96. The lowest BCUT2D eigenvalue weighted by molar-refractivity contribution is -0.120. The average molecular weight is 483 g/mol. The SMILES string of the molecule is CC(c1cnc(OCC(C)(F)F)c(Cl)c1)N1Cc2c(ccnc2CC(=O)NC[C@@H](C)O)C1=O. The Balaban J connectivity index is 1.74. The molecule has 0 bridgehead atoms. The third-order valence-electron chi connectivity index (χ3n) is 5.13. The number of ether oxygens (including phenoxy) is 1. The molecule has 0 aliphatic carbocycles. The molecule has 3 heterocycles. The number of fused-ring (bicyclic) bond motifs is 1. The van der Waals surface area contributed by atoms with Crippen LogP contribution in [0.1, 0.15) is 54.0 Å². The largest absolute Gasteiger partial charge is 0.470 e. The number of aliphatic hydroxyl groups excluding tert-OH is 1. The van der Waals surface area contributed by atoms with Crippen molar-refractivity contribution >= 4 is 23.4 Å². The number of rotatable bonds is 9. The Hall–Kier alpha value is -2.85. The highest BCUT2D eigenvalue weighted by atomic mass is 35.5. The van der Waals surface area contributed by atoms with Gasteiger partial charge in [-0.2, -0.15) is 0 Å². The molecular weight excluding hydrogens is 458 g/mol. The molecule has 0 radical (unpaired) electrons. The molecule has 2 N–H and O–H groups in total. The molecule has 178 valence electrons. The maximum absolute atomic E-state index is 13.0. The fourth-order valence-corrected chi connectivity index (χ4v) is 3.63. The summed E-state index contributed by atoms with van der Waals surface area (Å²) in [4.78, 5) is 35.1. The van der Waals surface area contributed by atoms with Gasteiger partial charge in [0.15, 0.2) is 6.61 Å². The summed E-state index contributed by atoms with van der Waals surface area (Å²) in [5.74, 6) is -3.67. The number of halogens is 3. The molecule has 0 fully saturated rings. The van der Waals surface area contributed by atoms with Crippen molar-refractivity contribution in [3.63, 3.8) is 0 Å². The summed E-state index contributed by atoms with van der Waals surface area (Å²) in [7, 11) is 0. The first-order chi connectivity index (χ1) is 15.5. The molecule has 2 aromatic heterocycles. The standard InChI is InChI=1S/C22H25ClF2N4O4/c1-12(30)8-27-19(31)7-18-16-10-29(21(32)15(16)4-5-26-18)13(2)14-6-17(23)20(28-9-14)33-11-22(3,24)25/h4-6,9,12-13,30H,7-8,10-11H2,1-3H3,(H,27,31)/t12-,13?/m1/s1. The van der Waals surface area contributed by atoms with E-state index in [1.807, 2.05) is 0 Å². The Kier molecular flexibility index (Phi) is 7.48. The second-order valence-corrected chi connectivity index (χ2v) is 8.54. The molecule has 1 unspecified atom stereocenters. The molecule has 0 aromatic carbocycles. The molecule has 8 nitrogen and oxygen atoms in total. The van der Waals surface area contributed by atoms with Crippen LogP contribution < -0.4 is 10.1 Å². The summed E-state index contributed by atoms with van der Waals surface area (Å²) in [6, 6.07) is 2.70. The van der Waals surface area contributed by atoms with Crippen molar-refractivity contribution in [2.24, 2.45) is 0 Å². The number of hydrogen-bond acceptors (Lipinski definition) is 6. The Morgan fingerprint density at radius 1 is 1.39 bits per heavy atom.